The third-order valence-corrected chi connectivity index (χ3v) is 8.15. The van der Waals surface area contributed by atoms with E-state index < -0.39 is 8.80 Å². The Kier molecular flexibility index (Phi) is 15.6. The fourth-order valence-electron chi connectivity index (χ4n) is 3.22. The van der Waals surface area contributed by atoms with Crippen LogP contribution in [0.25, 0.3) is 0 Å². The van der Waals surface area contributed by atoms with Crippen LogP contribution in [0.5, 0.6) is 0 Å². The average Bonchev–Trinajstić information content (AvgIpc) is 2.62. The van der Waals surface area contributed by atoms with Gasteiger partial charge >= 0.3 is 8.80 Å². The second-order valence-corrected chi connectivity index (χ2v) is 10.3. The third-order valence-electron chi connectivity index (χ3n) is 4.68. The van der Waals surface area contributed by atoms with E-state index >= 15 is 0 Å². The van der Waals surface area contributed by atoms with Crippen molar-refractivity contribution in [3.8, 4) is 0 Å². The molecule has 0 N–H and O–H groups in total. The van der Waals surface area contributed by atoms with E-state index in [2.05, 4.69) is 27.7 Å². The minimum atomic E-state index is -2.67. The highest BCUT2D eigenvalue weighted by Crippen LogP contribution is 2.27. The molecule has 0 amide bonds. The van der Waals surface area contributed by atoms with E-state index in [-0.39, 0.29) is 5.54 Å². The molecule has 156 valence electrons. The Morgan fingerprint density at radius 3 is 1.85 bits per heavy atom. The molecule has 0 heterocycles. The van der Waals surface area contributed by atoms with Gasteiger partial charge in [-0.05, 0) is 46.0 Å². The summed E-state index contributed by atoms with van der Waals surface area (Å²) in [6.45, 7) is 17.7. The molecule has 0 bridgehead atoms. The van der Waals surface area contributed by atoms with Crippen molar-refractivity contribution in [2.45, 2.75) is 99.0 Å². The standard InChI is InChI=1S/C21H45NO3Si/c1-8-13-15-19(6)17-21(16-14-9-2)22-18-20(7)26(23-10-3,24-11-4)25-12-5/h19-20H,8-18H2,1-7H3. The highest BCUT2D eigenvalue weighted by atomic mass is 28.4. The Hall–Kier alpha value is -0.233. The average molecular weight is 388 g/mol. The first-order valence-electron chi connectivity index (χ1n) is 10.9. The minimum absolute atomic E-state index is 0.185. The van der Waals surface area contributed by atoms with Gasteiger partial charge in [-0.15, -0.1) is 0 Å². The van der Waals surface area contributed by atoms with Crippen molar-refractivity contribution in [2.24, 2.45) is 10.9 Å². The van der Waals surface area contributed by atoms with E-state index in [4.69, 9.17) is 18.3 Å². The molecule has 0 aliphatic heterocycles. The van der Waals surface area contributed by atoms with E-state index in [0.717, 1.165) is 19.4 Å². The van der Waals surface area contributed by atoms with E-state index in [1.54, 1.807) is 0 Å². The molecular formula is C21H45NO3Si. The van der Waals surface area contributed by atoms with Crippen LogP contribution in [0.4, 0.5) is 0 Å². The van der Waals surface area contributed by atoms with Gasteiger partial charge in [0.2, 0.25) is 0 Å². The molecule has 26 heavy (non-hydrogen) atoms. The van der Waals surface area contributed by atoms with E-state index in [9.17, 15) is 0 Å². The van der Waals surface area contributed by atoms with Gasteiger partial charge in [0.05, 0.1) is 0 Å². The topological polar surface area (TPSA) is 40.0 Å². The summed E-state index contributed by atoms with van der Waals surface area (Å²) < 4.78 is 18.1. The van der Waals surface area contributed by atoms with Crippen molar-refractivity contribution in [3.63, 3.8) is 0 Å². The van der Waals surface area contributed by atoms with E-state index in [0.29, 0.717) is 25.7 Å². The lowest BCUT2D eigenvalue weighted by Gasteiger charge is -2.32. The molecule has 2 atom stereocenters. The third kappa shape index (κ3) is 10.2. The lowest BCUT2D eigenvalue weighted by atomic mass is 9.95. The summed E-state index contributed by atoms with van der Waals surface area (Å²) in [5.74, 6) is 0.716. The van der Waals surface area contributed by atoms with Crippen LogP contribution in [0, 0.1) is 5.92 Å². The maximum Gasteiger partial charge on any atom is 0.505 e. The smallest absolute Gasteiger partial charge is 0.374 e. The summed E-state index contributed by atoms with van der Waals surface area (Å²) in [4.78, 5) is 5.03. The van der Waals surface area contributed by atoms with Gasteiger partial charge in [-0.3, -0.25) is 4.99 Å². The summed E-state index contributed by atoms with van der Waals surface area (Å²) in [5, 5.41) is 0. The second kappa shape index (κ2) is 15.8. The summed E-state index contributed by atoms with van der Waals surface area (Å²) in [7, 11) is -2.67. The molecule has 0 spiro atoms. The van der Waals surface area contributed by atoms with Crippen molar-refractivity contribution < 1.29 is 13.3 Å². The first-order valence-corrected chi connectivity index (χ1v) is 12.7. The lowest BCUT2D eigenvalue weighted by Crippen LogP contribution is -2.50. The molecule has 2 unspecified atom stereocenters. The summed E-state index contributed by atoms with van der Waals surface area (Å²) >= 11 is 0. The summed E-state index contributed by atoms with van der Waals surface area (Å²) in [6.07, 6.45) is 8.56. The molecular weight excluding hydrogens is 342 g/mol. The molecule has 0 aliphatic rings. The number of hydrogen-bond acceptors (Lipinski definition) is 4. The molecule has 0 aromatic carbocycles. The molecule has 0 rings (SSSR count). The van der Waals surface area contributed by atoms with Gasteiger partial charge in [-0.25, -0.2) is 0 Å². The molecule has 0 radical (unpaired) electrons. The van der Waals surface area contributed by atoms with Gasteiger partial charge in [0.25, 0.3) is 0 Å². The zero-order valence-electron chi connectivity index (χ0n) is 18.6. The van der Waals surface area contributed by atoms with Crippen molar-refractivity contribution in [2.75, 3.05) is 26.4 Å². The predicted molar refractivity (Wildman–Crippen MR) is 115 cm³/mol. The molecule has 0 aliphatic carbocycles. The van der Waals surface area contributed by atoms with Crippen LogP contribution >= 0.6 is 0 Å². The number of hydrogen-bond donors (Lipinski definition) is 0. The van der Waals surface area contributed by atoms with Crippen LogP contribution in [-0.4, -0.2) is 40.9 Å². The van der Waals surface area contributed by atoms with Gasteiger partial charge in [0.15, 0.2) is 0 Å². The van der Waals surface area contributed by atoms with Crippen molar-refractivity contribution in [3.05, 3.63) is 0 Å². The largest absolute Gasteiger partial charge is 0.505 e. The molecule has 0 saturated heterocycles. The monoisotopic (exact) mass is 387 g/mol. The van der Waals surface area contributed by atoms with Gasteiger partial charge in [-0.2, -0.15) is 0 Å². The number of rotatable bonds is 17. The fourth-order valence-corrected chi connectivity index (χ4v) is 5.84. The van der Waals surface area contributed by atoms with Gasteiger partial charge in [0.1, 0.15) is 0 Å². The van der Waals surface area contributed by atoms with E-state index in [1.165, 1.54) is 37.8 Å². The van der Waals surface area contributed by atoms with Crippen LogP contribution in [0.2, 0.25) is 5.54 Å². The number of unbranched alkanes of at least 4 members (excludes halogenated alkanes) is 2. The van der Waals surface area contributed by atoms with Crippen LogP contribution < -0.4 is 0 Å². The molecule has 0 fully saturated rings. The Balaban J connectivity index is 5.06. The van der Waals surface area contributed by atoms with Gasteiger partial charge < -0.3 is 13.3 Å². The quantitative estimate of drug-likeness (QED) is 0.218. The van der Waals surface area contributed by atoms with Crippen molar-refractivity contribution >= 4 is 14.5 Å². The Labute approximate surface area is 164 Å². The SMILES string of the molecule is CCCCC(CC(C)CCCC)=NCC(C)[Si](OCC)(OCC)OCC. The Morgan fingerprint density at radius 1 is 0.846 bits per heavy atom. The zero-order chi connectivity index (χ0) is 19.8. The molecule has 0 saturated carbocycles. The molecule has 0 aromatic heterocycles. The molecule has 0 aromatic rings. The first kappa shape index (κ1) is 25.8. The van der Waals surface area contributed by atoms with Crippen LogP contribution in [0.3, 0.4) is 0 Å². The molecule has 5 heteroatoms. The summed E-state index contributed by atoms with van der Waals surface area (Å²) in [6, 6.07) is 0. The zero-order valence-corrected chi connectivity index (χ0v) is 19.6. The Morgan fingerprint density at radius 2 is 1.38 bits per heavy atom. The predicted octanol–water partition coefficient (Wildman–Crippen LogP) is 6.27. The van der Waals surface area contributed by atoms with E-state index in [1.807, 2.05) is 20.8 Å². The normalized spacial score (nSPS) is 15.3. The van der Waals surface area contributed by atoms with Crippen LogP contribution in [0.15, 0.2) is 4.99 Å². The van der Waals surface area contributed by atoms with Crippen LogP contribution in [-0.2, 0) is 13.3 Å². The molecule has 4 nitrogen and oxygen atoms in total. The van der Waals surface area contributed by atoms with Gasteiger partial charge in [0, 0.05) is 37.6 Å². The highest BCUT2D eigenvalue weighted by molar-refractivity contribution is 6.62. The number of nitrogens with zero attached hydrogens (tertiary/aromatic N) is 1. The maximum atomic E-state index is 6.05. The Bertz CT molecular complexity index is 346. The summed E-state index contributed by atoms with van der Waals surface area (Å²) in [5.41, 5.74) is 1.56. The first-order chi connectivity index (χ1) is 12.5. The van der Waals surface area contributed by atoms with Crippen molar-refractivity contribution in [1.82, 2.24) is 0 Å². The number of aliphatic imine (C=N–C) groups is 1. The second-order valence-electron chi connectivity index (χ2n) is 7.27. The lowest BCUT2D eigenvalue weighted by molar-refractivity contribution is 0.0633. The van der Waals surface area contributed by atoms with Crippen molar-refractivity contribution in [1.29, 1.82) is 0 Å². The fraction of sp³-hybridized carbons (Fsp3) is 0.952. The minimum Gasteiger partial charge on any atom is -0.374 e. The van der Waals surface area contributed by atoms with Gasteiger partial charge in [-0.1, -0.05) is 53.4 Å². The maximum absolute atomic E-state index is 6.05. The highest BCUT2D eigenvalue weighted by Gasteiger charge is 2.46. The van der Waals surface area contributed by atoms with Crippen LogP contribution in [0.1, 0.15) is 93.4 Å².